The van der Waals surface area contributed by atoms with E-state index in [1.165, 1.54) is 4.31 Å². The second-order valence-electron chi connectivity index (χ2n) is 9.38. The van der Waals surface area contributed by atoms with Gasteiger partial charge in [0.2, 0.25) is 10.0 Å². The summed E-state index contributed by atoms with van der Waals surface area (Å²) in [6.45, 7) is 9.05. The minimum atomic E-state index is -3.86. The highest BCUT2D eigenvalue weighted by molar-refractivity contribution is 7.89. The first-order chi connectivity index (χ1) is 16.1. The number of fused-ring (bicyclic) bond motifs is 1. The molecule has 1 aromatic carbocycles. The van der Waals surface area contributed by atoms with E-state index in [-0.39, 0.29) is 36.0 Å². The molecule has 1 N–H and O–H groups in total. The lowest BCUT2D eigenvalue weighted by atomic mass is 10.0. The van der Waals surface area contributed by atoms with E-state index in [4.69, 9.17) is 4.74 Å². The third kappa shape index (κ3) is 6.36. The highest BCUT2D eigenvalue weighted by Gasteiger charge is 2.38. The van der Waals surface area contributed by atoms with Crippen LogP contribution in [0.25, 0.3) is 0 Å². The Morgan fingerprint density at radius 2 is 1.94 bits per heavy atom. The number of aliphatic hydroxyl groups is 1. The molecule has 0 saturated heterocycles. The number of nitrogens with zero attached hydrogens (tertiary/aromatic N) is 3. The molecule has 184 valence electrons. The summed E-state index contributed by atoms with van der Waals surface area (Å²) in [7, 11) is -1.84. The van der Waals surface area contributed by atoms with Gasteiger partial charge in [0, 0.05) is 55.5 Å². The number of aliphatic hydroxyl groups excluding tert-OH is 1. The maximum atomic E-state index is 13.6. The molecule has 0 bridgehead atoms. The van der Waals surface area contributed by atoms with Gasteiger partial charge >= 0.3 is 0 Å². The first-order valence-electron chi connectivity index (χ1n) is 11.6. The zero-order valence-electron chi connectivity index (χ0n) is 20.6. The maximum Gasteiger partial charge on any atom is 0.247 e. The van der Waals surface area contributed by atoms with E-state index >= 15 is 0 Å². The molecule has 1 aromatic heterocycles. The molecule has 1 aliphatic heterocycles. The van der Waals surface area contributed by atoms with Gasteiger partial charge in [-0.2, -0.15) is 4.31 Å². The molecule has 2 heterocycles. The number of sulfonamides is 1. The summed E-state index contributed by atoms with van der Waals surface area (Å²) in [5.74, 6) is 6.62. The quantitative estimate of drug-likeness (QED) is 0.634. The van der Waals surface area contributed by atoms with Crippen molar-refractivity contribution in [3.63, 3.8) is 0 Å². The second kappa shape index (κ2) is 11.3. The van der Waals surface area contributed by atoms with Crippen LogP contribution in [0.1, 0.15) is 38.8 Å². The molecule has 1 aliphatic rings. The van der Waals surface area contributed by atoms with Gasteiger partial charge in [-0.1, -0.05) is 32.6 Å². The summed E-state index contributed by atoms with van der Waals surface area (Å²) in [6, 6.07) is 8.41. The molecule has 34 heavy (non-hydrogen) atoms. The molecule has 0 saturated carbocycles. The van der Waals surface area contributed by atoms with Crippen molar-refractivity contribution in [2.24, 2.45) is 11.8 Å². The van der Waals surface area contributed by atoms with Crippen LogP contribution in [0.15, 0.2) is 47.6 Å². The Kier molecular flexibility index (Phi) is 8.72. The van der Waals surface area contributed by atoms with Crippen LogP contribution in [0.3, 0.4) is 0 Å². The number of hydrogen-bond acceptors (Lipinski definition) is 6. The molecule has 0 aliphatic carbocycles. The number of likely N-dealkylation sites (N-methyl/N-ethyl adjacent to an activating group) is 1. The molecule has 8 heteroatoms. The van der Waals surface area contributed by atoms with E-state index in [0.29, 0.717) is 17.9 Å². The van der Waals surface area contributed by atoms with Crippen LogP contribution >= 0.6 is 0 Å². The van der Waals surface area contributed by atoms with Gasteiger partial charge < -0.3 is 9.84 Å². The van der Waals surface area contributed by atoms with Crippen LogP contribution in [0.5, 0.6) is 5.75 Å². The molecular formula is C26H35N3O4S. The lowest BCUT2D eigenvalue weighted by molar-refractivity contribution is 0.0733. The van der Waals surface area contributed by atoms with Crippen LogP contribution in [-0.4, -0.2) is 66.6 Å². The number of pyridine rings is 1. The largest absolute Gasteiger partial charge is 0.487 e. The lowest BCUT2D eigenvalue weighted by Crippen LogP contribution is -2.49. The highest BCUT2D eigenvalue weighted by Crippen LogP contribution is 2.34. The first-order valence-corrected chi connectivity index (χ1v) is 13.1. The van der Waals surface area contributed by atoms with Crippen LogP contribution < -0.4 is 4.74 Å². The predicted octanol–water partition coefficient (Wildman–Crippen LogP) is 2.99. The van der Waals surface area contributed by atoms with Crippen LogP contribution in [-0.2, 0) is 16.6 Å². The van der Waals surface area contributed by atoms with Gasteiger partial charge in [0.1, 0.15) is 16.7 Å². The third-order valence-corrected chi connectivity index (χ3v) is 7.89. The van der Waals surface area contributed by atoms with Gasteiger partial charge in [-0.25, -0.2) is 8.42 Å². The molecule has 0 radical (unpaired) electrons. The number of hydrogen-bond donors (Lipinski definition) is 1. The Labute approximate surface area is 203 Å². The van der Waals surface area contributed by atoms with Crippen molar-refractivity contribution in [1.29, 1.82) is 0 Å². The van der Waals surface area contributed by atoms with Crippen molar-refractivity contribution in [3.05, 3.63) is 53.9 Å². The summed E-state index contributed by atoms with van der Waals surface area (Å²) < 4.78 is 34.9. The van der Waals surface area contributed by atoms with Gasteiger partial charge in [-0.05, 0) is 49.9 Å². The number of ether oxygens (including phenoxy) is 1. The lowest BCUT2D eigenvalue weighted by Gasteiger charge is -2.37. The van der Waals surface area contributed by atoms with Crippen molar-refractivity contribution in [2.75, 3.05) is 26.7 Å². The van der Waals surface area contributed by atoms with Gasteiger partial charge in [-0.3, -0.25) is 9.88 Å². The van der Waals surface area contributed by atoms with Crippen molar-refractivity contribution in [3.8, 4) is 17.6 Å². The summed E-state index contributed by atoms with van der Waals surface area (Å²) in [4.78, 5) is 6.34. The maximum absolute atomic E-state index is 13.6. The Morgan fingerprint density at radius 3 is 2.59 bits per heavy atom. The van der Waals surface area contributed by atoms with E-state index < -0.39 is 16.1 Å². The van der Waals surface area contributed by atoms with E-state index in [2.05, 4.69) is 21.7 Å². The van der Waals surface area contributed by atoms with E-state index in [1.54, 1.807) is 37.5 Å². The second-order valence-corrected chi connectivity index (χ2v) is 11.2. The topological polar surface area (TPSA) is 83.0 Å². The normalized spacial score (nSPS) is 21.1. The van der Waals surface area contributed by atoms with Crippen molar-refractivity contribution >= 4 is 10.0 Å². The zero-order chi connectivity index (χ0) is 24.9. The highest BCUT2D eigenvalue weighted by atomic mass is 32.2. The molecule has 3 atom stereocenters. The van der Waals surface area contributed by atoms with Crippen LogP contribution in [0.2, 0.25) is 0 Å². The average Bonchev–Trinajstić information content (AvgIpc) is 2.80. The van der Waals surface area contributed by atoms with Crippen LogP contribution in [0, 0.1) is 23.7 Å². The summed E-state index contributed by atoms with van der Waals surface area (Å²) in [5, 5.41) is 9.79. The fourth-order valence-corrected chi connectivity index (χ4v) is 5.75. The van der Waals surface area contributed by atoms with Crippen molar-refractivity contribution in [2.45, 2.75) is 51.3 Å². The minimum Gasteiger partial charge on any atom is -0.487 e. The minimum absolute atomic E-state index is 0.108. The zero-order valence-corrected chi connectivity index (χ0v) is 21.4. The van der Waals surface area contributed by atoms with Crippen LogP contribution in [0.4, 0.5) is 0 Å². The Morgan fingerprint density at radius 1 is 1.24 bits per heavy atom. The molecule has 0 unspecified atom stereocenters. The summed E-state index contributed by atoms with van der Waals surface area (Å²) >= 11 is 0. The SMILES string of the molecule is CC(C)C#Cc1ccc2c(c1)O[C@H](CN(C)Cc1ccncc1)[C@@H](C)CN([C@H](C)CO)S2(=O)=O. The number of benzene rings is 1. The molecule has 0 fully saturated rings. The van der Waals surface area contributed by atoms with Gasteiger partial charge in [0.25, 0.3) is 0 Å². The van der Waals surface area contributed by atoms with Gasteiger partial charge in [-0.15, -0.1) is 0 Å². The fourth-order valence-electron chi connectivity index (χ4n) is 3.92. The molecule has 2 aromatic rings. The Bertz CT molecular complexity index is 1130. The smallest absolute Gasteiger partial charge is 0.247 e. The van der Waals surface area contributed by atoms with E-state index in [0.717, 1.165) is 12.1 Å². The standard InChI is InChI=1S/C26H35N3O4S/c1-19(2)6-7-22-8-9-26-24(14-22)33-25(17-28(5)16-23-10-12-27-13-11-23)20(3)15-29(21(4)18-30)34(26,31)32/h8-14,19-21,25,30H,15-18H2,1-5H3/t20-,21+,25+/m0/s1. The Balaban J connectivity index is 1.99. The fraction of sp³-hybridized carbons (Fsp3) is 0.500. The van der Waals surface area contributed by atoms with Crippen molar-refractivity contribution < 1.29 is 18.3 Å². The van der Waals surface area contributed by atoms with E-state index in [9.17, 15) is 13.5 Å². The third-order valence-electron chi connectivity index (χ3n) is 5.87. The van der Waals surface area contributed by atoms with Gasteiger partial charge in [0.15, 0.2) is 0 Å². The number of aromatic nitrogens is 1. The van der Waals surface area contributed by atoms with Gasteiger partial charge in [0.05, 0.1) is 6.61 Å². The molecule has 0 amide bonds. The summed E-state index contributed by atoms with van der Waals surface area (Å²) in [5.41, 5.74) is 1.85. The average molecular weight is 486 g/mol. The predicted molar refractivity (Wildman–Crippen MR) is 133 cm³/mol. The molecule has 7 nitrogen and oxygen atoms in total. The molecule has 3 rings (SSSR count). The summed E-state index contributed by atoms with van der Waals surface area (Å²) in [6.07, 6.45) is 3.28. The monoisotopic (exact) mass is 485 g/mol. The van der Waals surface area contributed by atoms with E-state index in [1.807, 2.05) is 40.0 Å². The van der Waals surface area contributed by atoms with Crippen molar-refractivity contribution in [1.82, 2.24) is 14.2 Å². The number of rotatable bonds is 6. The first kappa shape index (κ1) is 26.2. The molecule has 0 spiro atoms. The Hall–Kier alpha value is -2.44. The molecular weight excluding hydrogens is 450 g/mol.